The summed E-state index contributed by atoms with van der Waals surface area (Å²) in [7, 11) is 0. The van der Waals surface area contributed by atoms with E-state index >= 15 is 0 Å². The summed E-state index contributed by atoms with van der Waals surface area (Å²) in [5.74, 6) is 1.55. The minimum atomic E-state index is -0.336. The van der Waals surface area contributed by atoms with Gasteiger partial charge in [-0.3, -0.25) is 4.79 Å². The van der Waals surface area contributed by atoms with Gasteiger partial charge in [-0.2, -0.15) is 5.10 Å². The number of carbonyl (C=O) groups excluding carboxylic acids is 1. The molecule has 0 bridgehead atoms. The van der Waals surface area contributed by atoms with Crippen LogP contribution in [0, 0.1) is 0 Å². The van der Waals surface area contributed by atoms with Crippen molar-refractivity contribution < 1.29 is 19.0 Å². The highest BCUT2D eigenvalue weighted by molar-refractivity contribution is 5.95. The maximum atomic E-state index is 12.6. The SMILES string of the molecule is CCCOc1ccc(C(=O)N/N=C/c2cccc(OCc3cccc4ccccc34)c2)cc1OCC. The lowest BCUT2D eigenvalue weighted by Gasteiger charge is -2.12. The number of rotatable bonds is 11. The molecule has 0 aromatic heterocycles. The molecule has 4 rings (SSSR count). The minimum absolute atomic E-state index is 0.336. The molecule has 1 amide bonds. The number of carbonyl (C=O) groups is 1. The molecule has 0 aliphatic rings. The molecule has 1 N–H and O–H groups in total. The van der Waals surface area contributed by atoms with Crippen LogP contribution in [0.15, 0.2) is 90.0 Å². The Morgan fingerprint density at radius 1 is 0.861 bits per heavy atom. The Balaban J connectivity index is 1.38. The number of hydrogen-bond donors (Lipinski definition) is 1. The number of nitrogens with one attached hydrogen (secondary N) is 1. The van der Waals surface area contributed by atoms with Gasteiger partial charge in [-0.15, -0.1) is 0 Å². The highest BCUT2D eigenvalue weighted by Gasteiger charge is 2.11. The van der Waals surface area contributed by atoms with Gasteiger partial charge < -0.3 is 14.2 Å². The quantitative estimate of drug-likeness (QED) is 0.199. The van der Waals surface area contributed by atoms with Gasteiger partial charge in [-0.25, -0.2) is 5.43 Å². The first-order valence-corrected chi connectivity index (χ1v) is 12.1. The number of amides is 1. The van der Waals surface area contributed by atoms with E-state index in [-0.39, 0.29) is 5.91 Å². The van der Waals surface area contributed by atoms with Crippen LogP contribution >= 0.6 is 0 Å². The summed E-state index contributed by atoms with van der Waals surface area (Å²) in [5, 5.41) is 6.48. The van der Waals surface area contributed by atoms with Crippen molar-refractivity contribution in [1.82, 2.24) is 5.43 Å². The zero-order chi connectivity index (χ0) is 25.2. The molecule has 6 nitrogen and oxygen atoms in total. The Bertz CT molecular complexity index is 1340. The maximum absolute atomic E-state index is 12.6. The van der Waals surface area contributed by atoms with Crippen molar-refractivity contribution in [2.45, 2.75) is 26.9 Å². The van der Waals surface area contributed by atoms with Gasteiger partial charge in [0.15, 0.2) is 11.5 Å². The van der Waals surface area contributed by atoms with Crippen LogP contribution in [-0.4, -0.2) is 25.3 Å². The van der Waals surface area contributed by atoms with E-state index in [1.807, 2.05) is 56.3 Å². The average molecular weight is 483 g/mol. The molecule has 0 saturated heterocycles. The normalized spacial score (nSPS) is 10.9. The molecular formula is C30H30N2O4. The topological polar surface area (TPSA) is 69.2 Å². The zero-order valence-corrected chi connectivity index (χ0v) is 20.6. The van der Waals surface area contributed by atoms with E-state index in [4.69, 9.17) is 14.2 Å². The fourth-order valence-corrected chi connectivity index (χ4v) is 3.74. The molecule has 0 aliphatic heterocycles. The van der Waals surface area contributed by atoms with Crippen LogP contribution in [0.5, 0.6) is 17.2 Å². The molecule has 0 fully saturated rings. The van der Waals surface area contributed by atoms with E-state index in [9.17, 15) is 4.79 Å². The van der Waals surface area contributed by atoms with Gasteiger partial charge in [0.1, 0.15) is 12.4 Å². The van der Waals surface area contributed by atoms with Crippen LogP contribution in [0.25, 0.3) is 10.8 Å². The summed E-state index contributed by atoms with van der Waals surface area (Å²) in [6.45, 7) is 5.44. The van der Waals surface area contributed by atoms with Crippen LogP contribution in [-0.2, 0) is 6.61 Å². The van der Waals surface area contributed by atoms with E-state index in [2.05, 4.69) is 34.8 Å². The van der Waals surface area contributed by atoms with Crippen LogP contribution in [0.1, 0.15) is 41.8 Å². The van der Waals surface area contributed by atoms with Gasteiger partial charge in [-0.1, -0.05) is 61.5 Å². The van der Waals surface area contributed by atoms with E-state index in [1.165, 1.54) is 10.8 Å². The Labute approximate surface area is 211 Å². The van der Waals surface area contributed by atoms with E-state index in [0.29, 0.717) is 36.9 Å². The second-order valence-corrected chi connectivity index (χ2v) is 8.14. The van der Waals surface area contributed by atoms with Gasteiger partial charge in [0.05, 0.1) is 19.4 Å². The Kier molecular flexibility index (Phi) is 8.54. The summed E-state index contributed by atoms with van der Waals surface area (Å²) >= 11 is 0. The van der Waals surface area contributed by atoms with Crippen molar-refractivity contribution in [3.63, 3.8) is 0 Å². The second-order valence-electron chi connectivity index (χ2n) is 8.14. The number of hydrazone groups is 1. The minimum Gasteiger partial charge on any atom is -0.490 e. The van der Waals surface area contributed by atoms with Crippen molar-refractivity contribution >= 4 is 22.9 Å². The molecule has 4 aromatic rings. The standard InChI is InChI=1S/C30H30N2O4/c1-3-17-35-28-16-15-24(19-29(28)34-4-2)30(33)32-31-20-22-9-7-13-26(18-22)36-21-25-12-8-11-23-10-5-6-14-27(23)25/h5-16,18-20H,3-4,17,21H2,1-2H3,(H,32,33)/b31-20+. The highest BCUT2D eigenvalue weighted by Crippen LogP contribution is 2.28. The van der Waals surface area contributed by atoms with Crippen molar-refractivity contribution in [2.75, 3.05) is 13.2 Å². The summed E-state index contributed by atoms with van der Waals surface area (Å²) in [4.78, 5) is 12.6. The molecule has 0 radical (unpaired) electrons. The molecule has 184 valence electrons. The lowest BCUT2D eigenvalue weighted by molar-refractivity contribution is 0.0954. The fraction of sp³-hybridized carbons (Fsp3) is 0.200. The monoisotopic (exact) mass is 482 g/mol. The van der Waals surface area contributed by atoms with Gasteiger partial charge in [0.2, 0.25) is 0 Å². The first-order chi connectivity index (χ1) is 17.7. The molecule has 36 heavy (non-hydrogen) atoms. The Morgan fingerprint density at radius 2 is 1.69 bits per heavy atom. The summed E-state index contributed by atoms with van der Waals surface area (Å²) in [6, 6.07) is 27.1. The average Bonchev–Trinajstić information content (AvgIpc) is 2.91. The molecule has 0 saturated carbocycles. The van der Waals surface area contributed by atoms with Crippen LogP contribution < -0.4 is 19.6 Å². The van der Waals surface area contributed by atoms with Gasteiger partial charge in [0.25, 0.3) is 5.91 Å². The van der Waals surface area contributed by atoms with E-state index in [1.54, 1.807) is 24.4 Å². The molecular weight excluding hydrogens is 452 g/mol. The molecule has 0 heterocycles. The fourth-order valence-electron chi connectivity index (χ4n) is 3.74. The summed E-state index contributed by atoms with van der Waals surface area (Å²) in [5.41, 5.74) is 4.94. The molecule has 0 aliphatic carbocycles. The maximum Gasteiger partial charge on any atom is 0.271 e. The molecule has 0 atom stereocenters. The van der Waals surface area contributed by atoms with Gasteiger partial charge in [0, 0.05) is 5.56 Å². The number of fused-ring (bicyclic) bond motifs is 1. The van der Waals surface area contributed by atoms with Crippen molar-refractivity contribution in [1.29, 1.82) is 0 Å². The smallest absolute Gasteiger partial charge is 0.271 e. The van der Waals surface area contributed by atoms with Gasteiger partial charge >= 0.3 is 0 Å². The number of hydrogen-bond acceptors (Lipinski definition) is 5. The van der Waals surface area contributed by atoms with E-state index in [0.717, 1.165) is 23.3 Å². The number of nitrogens with zero attached hydrogens (tertiary/aromatic N) is 1. The number of benzene rings is 4. The van der Waals surface area contributed by atoms with Crippen molar-refractivity contribution in [2.24, 2.45) is 5.10 Å². The predicted octanol–water partition coefficient (Wildman–Crippen LogP) is 6.37. The van der Waals surface area contributed by atoms with Crippen LogP contribution in [0.2, 0.25) is 0 Å². The Morgan fingerprint density at radius 3 is 2.56 bits per heavy atom. The molecule has 0 spiro atoms. The summed E-state index contributed by atoms with van der Waals surface area (Å²) < 4.78 is 17.4. The lowest BCUT2D eigenvalue weighted by Crippen LogP contribution is -2.17. The van der Waals surface area contributed by atoms with Gasteiger partial charge in [-0.05, 0) is 65.6 Å². The third-order valence-corrected chi connectivity index (χ3v) is 5.48. The third-order valence-electron chi connectivity index (χ3n) is 5.48. The first kappa shape index (κ1) is 24.8. The third kappa shape index (κ3) is 6.42. The first-order valence-electron chi connectivity index (χ1n) is 12.1. The number of ether oxygens (including phenoxy) is 3. The van der Waals surface area contributed by atoms with Crippen molar-refractivity contribution in [3.05, 3.63) is 102 Å². The summed E-state index contributed by atoms with van der Waals surface area (Å²) in [6.07, 6.45) is 2.47. The molecule has 0 unspecified atom stereocenters. The van der Waals surface area contributed by atoms with E-state index < -0.39 is 0 Å². The predicted molar refractivity (Wildman–Crippen MR) is 143 cm³/mol. The van der Waals surface area contributed by atoms with Crippen molar-refractivity contribution in [3.8, 4) is 17.2 Å². The largest absolute Gasteiger partial charge is 0.490 e. The molecule has 4 aromatic carbocycles. The zero-order valence-electron chi connectivity index (χ0n) is 20.6. The molecule has 6 heteroatoms. The Hall–Kier alpha value is -4.32. The lowest BCUT2D eigenvalue weighted by atomic mass is 10.1. The van der Waals surface area contributed by atoms with Crippen LogP contribution in [0.3, 0.4) is 0 Å². The second kappa shape index (κ2) is 12.4. The van der Waals surface area contributed by atoms with Crippen LogP contribution in [0.4, 0.5) is 0 Å². The highest BCUT2D eigenvalue weighted by atomic mass is 16.5.